The number of unbranched alkanes of at least 4 members (excludes halogenated alkanes) is 13. The van der Waals surface area contributed by atoms with Gasteiger partial charge in [-0.15, -0.1) is 6.42 Å². The first-order valence-electron chi connectivity index (χ1n) is 12.8. The molecule has 0 aliphatic carbocycles. The van der Waals surface area contributed by atoms with Crippen LogP contribution in [0.2, 0.25) is 0 Å². The van der Waals surface area contributed by atoms with Gasteiger partial charge in [0.05, 0.1) is 32.8 Å². The van der Waals surface area contributed by atoms with E-state index in [1.54, 1.807) is 0 Å². The highest BCUT2D eigenvalue weighted by Gasteiger charge is 2.34. The molecule has 0 amide bonds. The number of phosphoric acid groups is 1. The Balaban J connectivity index is 1.92. The lowest BCUT2D eigenvalue weighted by atomic mass is 10.0. The molecule has 0 spiro atoms. The van der Waals surface area contributed by atoms with E-state index in [1.807, 2.05) is 0 Å². The molecule has 0 aromatic heterocycles. The molecule has 1 fully saturated rings. The van der Waals surface area contributed by atoms with Crippen LogP contribution in [-0.4, -0.2) is 48.8 Å². The summed E-state index contributed by atoms with van der Waals surface area (Å²) in [5.74, 6) is 2.71. The Hall–Kier alpha value is -0.370. The van der Waals surface area contributed by atoms with Gasteiger partial charge in [-0.3, -0.25) is 9.05 Å². The summed E-state index contributed by atoms with van der Waals surface area (Å²) in [7, 11) is -1.83. The van der Waals surface area contributed by atoms with Crippen LogP contribution in [0, 0.1) is 12.3 Å². The number of phosphoric ester groups is 1. The second kappa shape index (κ2) is 17.2. The van der Waals surface area contributed by atoms with Gasteiger partial charge in [0, 0.05) is 12.8 Å². The van der Waals surface area contributed by atoms with Crippen LogP contribution >= 0.6 is 7.82 Å². The second-order valence-corrected chi connectivity index (χ2v) is 11.0. The van der Waals surface area contributed by atoms with Crippen molar-refractivity contribution >= 4 is 7.82 Å². The van der Waals surface area contributed by atoms with Crippen LogP contribution in [0.1, 0.15) is 110 Å². The standard InChI is InChI=1S/C25H48NO4P/c1-4-6-7-8-9-10-11-12-13-14-15-16-17-18-24-29-31(27,28)30-25-19-22-26(3,21-5-2)23-20-25/h2,25H,4,6-24H2,1,3H3/p+1. The monoisotopic (exact) mass is 458 g/mol. The van der Waals surface area contributed by atoms with E-state index in [2.05, 4.69) is 19.9 Å². The van der Waals surface area contributed by atoms with Gasteiger partial charge < -0.3 is 9.38 Å². The lowest BCUT2D eigenvalue weighted by molar-refractivity contribution is -0.908. The molecule has 1 aliphatic rings. The molecule has 6 heteroatoms. The number of likely N-dealkylation sites (tertiary alicyclic amines) is 1. The number of quaternary nitrogens is 1. The number of piperidine rings is 1. The Kier molecular flexibility index (Phi) is 15.9. The molecule has 1 saturated heterocycles. The van der Waals surface area contributed by atoms with E-state index >= 15 is 0 Å². The van der Waals surface area contributed by atoms with Crippen LogP contribution in [0.5, 0.6) is 0 Å². The molecule has 31 heavy (non-hydrogen) atoms. The third kappa shape index (κ3) is 15.2. The molecule has 182 valence electrons. The summed E-state index contributed by atoms with van der Waals surface area (Å²) in [4.78, 5) is 9.98. The van der Waals surface area contributed by atoms with Crippen molar-refractivity contribution < 1.29 is 23.0 Å². The molecule has 1 unspecified atom stereocenters. The highest BCUT2D eigenvalue weighted by Crippen LogP contribution is 2.46. The summed E-state index contributed by atoms with van der Waals surface area (Å²) >= 11 is 0. The van der Waals surface area contributed by atoms with Crippen LogP contribution < -0.4 is 0 Å². The number of hydrogen-bond donors (Lipinski definition) is 1. The first-order chi connectivity index (χ1) is 14.9. The Bertz CT molecular complexity index is 526. The van der Waals surface area contributed by atoms with Crippen molar-refractivity contribution in [2.24, 2.45) is 0 Å². The highest BCUT2D eigenvalue weighted by molar-refractivity contribution is 7.47. The molecule has 1 heterocycles. The van der Waals surface area contributed by atoms with Gasteiger partial charge >= 0.3 is 7.82 Å². The lowest BCUT2D eigenvalue weighted by Gasteiger charge is -2.39. The molecule has 1 aliphatic heterocycles. The van der Waals surface area contributed by atoms with E-state index in [1.165, 1.54) is 77.0 Å². The maximum atomic E-state index is 12.2. The molecule has 1 rings (SSSR count). The summed E-state index contributed by atoms with van der Waals surface area (Å²) in [6, 6.07) is 0. The zero-order valence-corrected chi connectivity index (χ0v) is 21.3. The topological polar surface area (TPSA) is 55.8 Å². The number of rotatable bonds is 19. The number of nitrogens with zero attached hydrogens (tertiary/aromatic N) is 1. The fourth-order valence-electron chi connectivity index (χ4n) is 4.35. The normalized spacial score (nSPS) is 23.4. The summed E-state index contributed by atoms with van der Waals surface area (Å²) in [5, 5.41) is 0. The third-order valence-corrected chi connectivity index (χ3v) is 7.56. The maximum Gasteiger partial charge on any atom is 0.472 e. The largest absolute Gasteiger partial charge is 0.472 e. The minimum absolute atomic E-state index is 0.212. The van der Waals surface area contributed by atoms with Crippen molar-refractivity contribution in [3.05, 3.63) is 0 Å². The molecule has 0 aromatic rings. The molecule has 5 nitrogen and oxygen atoms in total. The van der Waals surface area contributed by atoms with E-state index < -0.39 is 7.82 Å². The van der Waals surface area contributed by atoms with E-state index in [4.69, 9.17) is 15.5 Å². The summed E-state index contributed by atoms with van der Waals surface area (Å²) in [6.45, 7) is 4.99. The van der Waals surface area contributed by atoms with Crippen molar-refractivity contribution in [3.63, 3.8) is 0 Å². The van der Waals surface area contributed by atoms with Crippen LogP contribution in [0.4, 0.5) is 0 Å². The fourth-order valence-corrected chi connectivity index (χ4v) is 5.35. The van der Waals surface area contributed by atoms with E-state index in [0.29, 0.717) is 13.2 Å². The van der Waals surface area contributed by atoms with E-state index in [9.17, 15) is 9.46 Å². The van der Waals surface area contributed by atoms with Crippen molar-refractivity contribution in [1.29, 1.82) is 0 Å². The summed E-state index contributed by atoms with van der Waals surface area (Å²) < 4.78 is 23.6. The van der Waals surface area contributed by atoms with Gasteiger partial charge in [-0.05, 0) is 12.3 Å². The van der Waals surface area contributed by atoms with Gasteiger partial charge in [0.25, 0.3) is 0 Å². The number of terminal acetylenes is 1. The molecule has 0 aromatic carbocycles. The Labute approximate surface area is 192 Å². The Morgan fingerprint density at radius 3 is 1.81 bits per heavy atom. The molecular weight excluding hydrogens is 409 g/mol. The average molecular weight is 459 g/mol. The van der Waals surface area contributed by atoms with Gasteiger partial charge in [-0.25, -0.2) is 4.57 Å². The molecule has 0 saturated carbocycles. The predicted molar refractivity (Wildman–Crippen MR) is 130 cm³/mol. The fraction of sp³-hybridized carbons (Fsp3) is 0.920. The molecule has 1 atom stereocenters. The Morgan fingerprint density at radius 1 is 0.903 bits per heavy atom. The molecular formula is C25H49NO4P+. The Morgan fingerprint density at radius 2 is 1.35 bits per heavy atom. The first-order valence-corrected chi connectivity index (χ1v) is 14.3. The van der Waals surface area contributed by atoms with Gasteiger partial charge in [-0.2, -0.15) is 0 Å². The van der Waals surface area contributed by atoms with Crippen LogP contribution in [-0.2, 0) is 13.6 Å². The first kappa shape index (κ1) is 28.7. The van der Waals surface area contributed by atoms with Gasteiger partial charge in [-0.1, -0.05) is 90.4 Å². The van der Waals surface area contributed by atoms with Crippen molar-refractivity contribution in [2.45, 2.75) is 116 Å². The van der Waals surface area contributed by atoms with Crippen molar-refractivity contribution in [2.75, 3.05) is 33.3 Å². The summed E-state index contributed by atoms with van der Waals surface area (Å²) in [5.41, 5.74) is 0. The predicted octanol–water partition coefficient (Wildman–Crippen LogP) is 6.84. The quantitative estimate of drug-likeness (QED) is 0.0996. The van der Waals surface area contributed by atoms with Gasteiger partial charge in [0.15, 0.2) is 0 Å². The SMILES string of the molecule is C#CC[N+]1(C)CCC(OP(=O)(O)OCCCCCCCCCCCCCCCC)CC1. The number of hydrogen-bond acceptors (Lipinski definition) is 3. The lowest BCUT2D eigenvalue weighted by Crippen LogP contribution is -2.51. The molecule has 0 radical (unpaired) electrons. The van der Waals surface area contributed by atoms with E-state index in [-0.39, 0.29) is 6.10 Å². The van der Waals surface area contributed by atoms with Crippen LogP contribution in [0.3, 0.4) is 0 Å². The highest BCUT2D eigenvalue weighted by atomic mass is 31.2. The minimum Gasteiger partial charge on any atom is -0.316 e. The summed E-state index contributed by atoms with van der Waals surface area (Å²) in [6.07, 6.45) is 24.7. The average Bonchev–Trinajstić information content (AvgIpc) is 2.73. The van der Waals surface area contributed by atoms with Crippen LogP contribution in [0.25, 0.3) is 0 Å². The second-order valence-electron chi connectivity index (χ2n) is 9.63. The zero-order chi connectivity index (χ0) is 22.8. The zero-order valence-electron chi connectivity index (χ0n) is 20.4. The van der Waals surface area contributed by atoms with Crippen molar-refractivity contribution in [3.8, 4) is 12.3 Å². The maximum absolute atomic E-state index is 12.2. The van der Waals surface area contributed by atoms with Gasteiger partial charge in [0.2, 0.25) is 0 Å². The molecule has 0 bridgehead atoms. The molecule has 1 N–H and O–H groups in total. The third-order valence-electron chi connectivity index (χ3n) is 6.49. The van der Waals surface area contributed by atoms with Crippen molar-refractivity contribution in [1.82, 2.24) is 0 Å². The smallest absolute Gasteiger partial charge is 0.316 e. The van der Waals surface area contributed by atoms with Crippen LogP contribution in [0.15, 0.2) is 0 Å². The van der Waals surface area contributed by atoms with Gasteiger partial charge in [0.1, 0.15) is 6.54 Å². The van der Waals surface area contributed by atoms with E-state index in [0.717, 1.165) is 43.3 Å². The minimum atomic E-state index is -3.95.